The SMILES string of the molecule is COC(=O)NC1CCN(C(=O)NC(C(=O)O)C(C)C)C1. The summed E-state index contributed by atoms with van der Waals surface area (Å²) < 4.78 is 4.49. The van der Waals surface area contributed by atoms with Crippen LogP contribution >= 0.6 is 0 Å². The van der Waals surface area contributed by atoms with Gasteiger partial charge in [-0.1, -0.05) is 13.8 Å². The Morgan fingerprint density at radius 1 is 1.35 bits per heavy atom. The third-order valence-electron chi connectivity index (χ3n) is 3.19. The molecule has 1 rings (SSSR count). The fourth-order valence-electron chi connectivity index (χ4n) is 2.03. The number of alkyl carbamates (subject to hydrolysis) is 1. The van der Waals surface area contributed by atoms with Crippen molar-refractivity contribution >= 4 is 18.1 Å². The second-order valence-corrected chi connectivity index (χ2v) is 5.08. The molecule has 1 heterocycles. The van der Waals surface area contributed by atoms with Gasteiger partial charge in [0.1, 0.15) is 6.04 Å². The second kappa shape index (κ2) is 6.97. The van der Waals surface area contributed by atoms with E-state index < -0.39 is 24.1 Å². The van der Waals surface area contributed by atoms with Gasteiger partial charge in [-0.25, -0.2) is 14.4 Å². The van der Waals surface area contributed by atoms with Gasteiger partial charge in [0.25, 0.3) is 0 Å². The molecule has 114 valence electrons. The van der Waals surface area contributed by atoms with Crippen molar-refractivity contribution in [3.05, 3.63) is 0 Å². The molecule has 0 saturated carbocycles. The predicted molar refractivity (Wildman–Crippen MR) is 70.3 cm³/mol. The molecule has 0 aromatic rings. The Balaban J connectivity index is 2.49. The number of hydrogen-bond donors (Lipinski definition) is 3. The second-order valence-electron chi connectivity index (χ2n) is 5.08. The molecule has 3 amide bonds. The van der Waals surface area contributed by atoms with Gasteiger partial charge in [0.2, 0.25) is 0 Å². The zero-order valence-corrected chi connectivity index (χ0v) is 11.9. The smallest absolute Gasteiger partial charge is 0.407 e. The maximum atomic E-state index is 12.0. The van der Waals surface area contributed by atoms with Crippen molar-refractivity contribution in [1.82, 2.24) is 15.5 Å². The van der Waals surface area contributed by atoms with Crippen LogP contribution in [0.2, 0.25) is 0 Å². The first-order valence-electron chi connectivity index (χ1n) is 6.47. The number of carboxylic acid groups (broad SMARTS) is 1. The molecule has 1 aliphatic heterocycles. The minimum Gasteiger partial charge on any atom is -0.480 e. The molecule has 0 aromatic carbocycles. The Morgan fingerprint density at radius 2 is 2.00 bits per heavy atom. The Labute approximate surface area is 117 Å². The number of urea groups is 1. The molecule has 0 bridgehead atoms. The minimum atomic E-state index is -1.06. The molecule has 0 aliphatic carbocycles. The van der Waals surface area contributed by atoms with Gasteiger partial charge in [0.05, 0.1) is 13.2 Å². The summed E-state index contributed by atoms with van der Waals surface area (Å²) in [6.45, 7) is 4.26. The van der Waals surface area contributed by atoms with E-state index in [9.17, 15) is 14.4 Å². The molecular formula is C12H21N3O5. The van der Waals surface area contributed by atoms with Crippen LogP contribution in [0.3, 0.4) is 0 Å². The summed E-state index contributed by atoms with van der Waals surface area (Å²) in [5.41, 5.74) is 0. The van der Waals surface area contributed by atoms with Gasteiger partial charge in [-0.2, -0.15) is 0 Å². The minimum absolute atomic E-state index is 0.171. The molecule has 8 heteroatoms. The third-order valence-corrected chi connectivity index (χ3v) is 3.19. The van der Waals surface area contributed by atoms with Crippen LogP contribution < -0.4 is 10.6 Å². The van der Waals surface area contributed by atoms with Crippen LogP contribution in [0.5, 0.6) is 0 Å². The number of carbonyl (C=O) groups is 3. The van der Waals surface area contributed by atoms with Crippen molar-refractivity contribution < 1.29 is 24.2 Å². The highest BCUT2D eigenvalue weighted by Gasteiger charge is 2.31. The molecular weight excluding hydrogens is 266 g/mol. The van der Waals surface area contributed by atoms with E-state index in [1.165, 1.54) is 12.0 Å². The molecule has 3 N–H and O–H groups in total. The summed E-state index contributed by atoms with van der Waals surface area (Å²) in [4.78, 5) is 35.6. The maximum absolute atomic E-state index is 12.0. The van der Waals surface area contributed by atoms with Crippen LogP contribution in [-0.4, -0.2) is 60.4 Å². The summed E-state index contributed by atoms with van der Waals surface area (Å²) >= 11 is 0. The monoisotopic (exact) mass is 287 g/mol. The van der Waals surface area contributed by atoms with E-state index in [-0.39, 0.29) is 12.0 Å². The van der Waals surface area contributed by atoms with Crippen molar-refractivity contribution in [1.29, 1.82) is 0 Å². The van der Waals surface area contributed by atoms with Gasteiger partial charge in [-0.3, -0.25) is 0 Å². The average molecular weight is 287 g/mol. The first-order valence-corrected chi connectivity index (χ1v) is 6.47. The summed E-state index contributed by atoms with van der Waals surface area (Å²) in [6.07, 6.45) is 0.0740. The molecule has 0 radical (unpaired) electrons. The number of aliphatic carboxylic acids is 1. The molecule has 1 saturated heterocycles. The van der Waals surface area contributed by atoms with Crippen molar-refractivity contribution in [3.63, 3.8) is 0 Å². The van der Waals surface area contributed by atoms with Crippen LogP contribution in [0.4, 0.5) is 9.59 Å². The van der Waals surface area contributed by atoms with E-state index >= 15 is 0 Å². The molecule has 20 heavy (non-hydrogen) atoms. The zero-order valence-electron chi connectivity index (χ0n) is 11.9. The lowest BCUT2D eigenvalue weighted by Gasteiger charge is -2.23. The topological polar surface area (TPSA) is 108 Å². The average Bonchev–Trinajstić information content (AvgIpc) is 2.83. The fraction of sp³-hybridized carbons (Fsp3) is 0.750. The third kappa shape index (κ3) is 4.29. The van der Waals surface area contributed by atoms with Crippen LogP contribution in [-0.2, 0) is 9.53 Å². The highest BCUT2D eigenvalue weighted by Crippen LogP contribution is 2.11. The van der Waals surface area contributed by atoms with Crippen LogP contribution in [0, 0.1) is 5.92 Å². The Morgan fingerprint density at radius 3 is 2.50 bits per heavy atom. The van der Waals surface area contributed by atoms with E-state index in [0.29, 0.717) is 19.5 Å². The summed E-state index contributed by atoms with van der Waals surface area (Å²) in [5, 5.41) is 14.1. The van der Waals surface area contributed by atoms with E-state index in [4.69, 9.17) is 5.11 Å². The normalized spacial score (nSPS) is 19.6. The van der Waals surface area contributed by atoms with E-state index in [1.807, 2.05) is 0 Å². The molecule has 1 aliphatic rings. The van der Waals surface area contributed by atoms with Crippen molar-refractivity contribution in [2.45, 2.75) is 32.4 Å². The Hall–Kier alpha value is -1.99. The van der Waals surface area contributed by atoms with Crippen molar-refractivity contribution in [2.24, 2.45) is 5.92 Å². The first-order chi connectivity index (χ1) is 9.35. The highest BCUT2D eigenvalue weighted by molar-refractivity contribution is 5.83. The Kier molecular flexibility index (Phi) is 5.60. The number of ether oxygens (including phenoxy) is 1. The highest BCUT2D eigenvalue weighted by atomic mass is 16.5. The number of nitrogens with one attached hydrogen (secondary N) is 2. The number of hydrogen-bond acceptors (Lipinski definition) is 4. The molecule has 1 fully saturated rings. The fourth-order valence-corrected chi connectivity index (χ4v) is 2.03. The van der Waals surface area contributed by atoms with E-state index in [0.717, 1.165) is 0 Å². The number of nitrogens with zero attached hydrogens (tertiary/aromatic N) is 1. The van der Waals surface area contributed by atoms with Gasteiger partial charge in [-0.05, 0) is 12.3 Å². The van der Waals surface area contributed by atoms with Gasteiger partial charge < -0.3 is 25.4 Å². The summed E-state index contributed by atoms with van der Waals surface area (Å²) in [6, 6.07) is -1.52. The van der Waals surface area contributed by atoms with E-state index in [1.54, 1.807) is 13.8 Å². The largest absolute Gasteiger partial charge is 0.480 e. The van der Waals surface area contributed by atoms with Gasteiger partial charge >= 0.3 is 18.1 Å². The van der Waals surface area contributed by atoms with Crippen molar-refractivity contribution in [2.75, 3.05) is 20.2 Å². The zero-order chi connectivity index (χ0) is 15.3. The van der Waals surface area contributed by atoms with Gasteiger partial charge in [0.15, 0.2) is 0 Å². The van der Waals surface area contributed by atoms with E-state index in [2.05, 4.69) is 15.4 Å². The summed E-state index contributed by atoms with van der Waals surface area (Å²) in [5.74, 6) is -1.26. The predicted octanol–water partition coefficient (Wildman–Crippen LogP) is 0.236. The quantitative estimate of drug-likeness (QED) is 0.686. The number of carbonyl (C=O) groups excluding carboxylic acids is 2. The first kappa shape index (κ1) is 16.1. The number of rotatable bonds is 4. The van der Waals surface area contributed by atoms with Crippen molar-refractivity contribution in [3.8, 4) is 0 Å². The molecule has 0 spiro atoms. The summed E-state index contributed by atoms with van der Waals surface area (Å²) in [7, 11) is 1.27. The van der Waals surface area contributed by atoms with Crippen LogP contribution in [0.15, 0.2) is 0 Å². The Bertz CT molecular complexity index is 385. The number of amides is 3. The standard InChI is InChI=1S/C12H21N3O5/c1-7(2)9(10(16)17)14-11(18)15-5-4-8(6-15)13-12(19)20-3/h7-9H,4-6H2,1-3H3,(H,13,19)(H,14,18)(H,16,17). The molecule has 2 atom stereocenters. The van der Waals surface area contributed by atoms with Gasteiger partial charge in [-0.15, -0.1) is 0 Å². The number of likely N-dealkylation sites (tertiary alicyclic amines) is 1. The van der Waals surface area contributed by atoms with Crippen LogP contribution in [0.25, 0.3) is 0 Å². The molecule has 8 nitrogen and oxygen atoms in total. The van der Waals surface area contributed by atoms with Crippen LogP contribution in [0.1, 0.15) is 20.3 Å². The van der Waals surface area contributed by atoms with Gasteiger partial charge in [0, 0.05) is 13.1 Å². The molecule has 2 unspecified atom stereocenters. The lowest BCUT2D eigenvalue weighted by atomic mass is 10.1. The number of carboxylic acids is 1. The lowest BCUT2D eigenvalue weighted by molar-refractivity contribution is -0.140. The number of methoxy groups -OCH3 is 1. The maximum Gasteiger partial charge on any atom is 0.407 e. The lowest BCUT2D eigenvalue weighted by Crippen LogP contribution is -2.50. The molecule has 0 aromatic heterocycles.